The van der Waals surface area contributed by atoms with E-state index in [2.05, 4.69) is 0 Å². The van der Waals surface area contributed by atoms with Gasteiger partial charge in [-0.2, -0.15) is 0 Å². The molecule has 3 amide bonds. The molecule has 1 aliphatic heterocycles. The molecule has 5 nitrogen and oxygen atoms in total. The van der Waals surface area contributed by atoms with E-state index in [1.165, 1.54) is 28.0 Å². The minimum atomic E-state index is -0.447. The summed E-state index contributed by atoms with van der Waals surface area (Å²) in [5, 5.41) is 0. The Labute approximate surface area is 164 Å². The highest BCUT2D eigenvalue weighted by molar-refractivity contribution is 6.12. The molecule has 0 aromatic heterocycles. The van der Waals surface area contributed by atoms with Crippen LogP contribution in [0.1, 0.15) is 37.5 Å². The van der Waals surface area contributed by atoms with E-state index in [1.807, 2.05) is 46.8 Å². The lowest BCUT2D eigenvalue weighted by Crippen LogP contribution is -2.32. The lowest BCUT2D eigenvalue weighted by Gasteiger charge is -2.25. The number of amides is 3. The summed E-state index contributed by atoms with van der Waals surface area (Å²) in [6.07, 6.45) is 0. The second-order valence-corrected chi connectivity index (χ2v) is 8.10. The van der Waals surface area contributed by atoms with Crippen LogP contribution in [0.15, 0.2) is 36.4 Å². The minimum absolute atomic E-state index is 0.0918. The van der Waals surface area contributed by atoms with Crippen LogP contribution in [0.5, 0.6) is 5.75 Å². The first-order valence-corrected chi connectivity index (χ1v) is 9.22. The molecule has 6 heteroatoms. The molecule has 1 heterocycles. The third kappa shape index (κ3) is 4.16. The first-order valence-electron chi connectivity index (χ1n) is 9.22. The molecule has 3 rings (SSSR count). The van der Waals surface area contributed by atoms with Crippen LogP contribution in [0.3, 0.4) is 0 Å². The summed E-state index contributed by atoms with van der Waals surface area (Å²) in [4.78, 5) is 27.7. The maximum atomic E-state index is 13.5. The molecule has 1 fully saturated rings. The van der Waals surface area contributed by atoms with Crippen LogP contribution < -0.4 is 9.64 Å². The number of carbonyl (C=O) groups excluding carboxylic acids is 2. The molecule has 1 saturated heterocycles. The van der Waals surface area contributed by atoms with E-state index >= 15 is 0 Å². The molecule has 0 atom stereocenters. The second kappa shape index (κ2) is 7.26. The van der Waals surface area contributed by atoms with E-state index < -0.39 is 11.8 Å². The lowest BCUT2D eigenvalue weighted by molar-refractivity contribution is -0.125. The van der Waals surface area contributed by atoms with Crippen LogP contribution in [-0.4, -0.2) is 29.0 Å². The van der Waals surface area contributed by atoms with Crippen molar-refractivity contribution in [2.24, 2.45) is 0 Å². The predicted octanol–water partition coefficient (Wildman–Crippen LogP) is 4.59. The minimum Gasteiger partial charge on any atom is -0.488 e. The van der Waals surface area contributed by atoms with Gasteiger partial charge in [0.25, 0.3) is 5.91 Å². The van der Waals surface area contributed by atoms with Gasteiger partial charge in [0, 0.05) is 5.69 Å². The summed E-state index contributed by atoms with van der Waals surface area (Å²) < 4.78 is 19.5. The molecule has 28 heavy (non-hydrogen) atoms. The normalized spacial score (nSPS) is 14.8. The Morgan fingerprint density at radius 3 is 2.29 bits per heavy atom. The van der Waals surface area contributed by atoms with Crippen LogP contribution in [0.4, 0.5) is 14.9 Å². The zero-order chi connectivity index (χ0) is 20.6. The van der Waals surface area contributed by atoms with Crippen LogP contribution in [0.2, 0.25) is 0 Å². The Balaban J connectivity index is 1.82. The Kier molecular flexibility index (Phi) is 5.15. The van der Waals surface area contributed by atoms with Gasteiger partial charge >= 0.3 is 6.03 Å². The fraction of sp³-hybridized carbons (Fsp3) is 0.364. The van der Waals surface area contributed by atoms with Crippen LogP contribution in [0.25, 0.3) is 0 Å². The van der Waals surface area contributed by atoms with Gasteiger partial charge in [-0.25, -0.2) is 9.18 Å². The van der Waals surface area contributed by atoms with Gasteiger partial charge in [0.2, 0.25) is 0 Å². The number of nitrogens with zero attached hydrogens (tertiary/aromatic N) is 2. The molecular formula is C22H25FN2O3. The van der Waals surface area contributed by atoms with E-state index in [-0.39, 0.29) is 24.6 Å². The average Bonchev–Trinajstić information content (AvgIpc) is 2.86. The monoisotopic (exact) mass is 384 g/mol. The van der Waals surface area contributed by atoms with Crippen LogP contribution in [0, 0.1) is 19.7 Å². The number of ether oxygens (including phenoxy) is 1. The van der Waals surface area contributed by atoms with Gasteiger partial charge in [-0.1, -0.05) is 18.2 Å². The van der Waals surface area contributed by atoms with Gasteiger partial charge in [0.05, 0.1) is 6.54 Å². The first kappa shape index (κ1) is 19.9. The number of carbonyl (C=O) groups is 2. The number of urea groups is 1. The number of anilines is 1. The van der Waals surface area contributed by atoms with Gasteiger partial charge in [-0.15, -0.1) is 0 Å². The number of benzene rings is 2. The van der Waals surface area contributed by atoms with E-state index in [0.29, 0.717) is 5.69 Å². The van der Waals surface area contributed by atoms with Gasteiger partial charge in [-0.05, 0) is 69.5 Å². The maximum absolute atomic E-state index is 13.5. The Hall–Kier alpha value is -2.89. The zero-order valence-electron chi connectivity index (χ0n) is 16.9. The van der Waals surface area contributed by atoms with E-state index in [4.69, 9.17) is 4.74 Å². The summed E-state index contributed by atoms with van der Waals surface area (Å²) in [6.45, 7) is 9.94. The molecule has 0 spiro atoms. The van der Waals surface area contributed by atoms with Crippen molar-refractivity contribution in [1.82, 2.24) is 4.90 Å². The first-order chi connectivity index (χ1) is 13.0. The molecule has 0 aliphatic carbocycles. The number of aryl methyl sites for hydroxylation is 2. The Morgan fingerprint density at radius 2 is 1.71 bits per heavy atom. The quantitative estimate of drug-likeness (QED) is 0.725. The van der Waals surface area contributed by atoms with Crippen LogP contribution >= 0.6 is 0 Å². The highest BCUT2D eigenvalue weighted by atomic mass is 19.1. The third-order valence-corrected chi connectivity index (χ3v) is 4.45. The Bertz CT molecular complexity index is 911. The molecule has 0 saturated carbocycles. The van der Waals surface area contributed by atoms with Crippen molar-refractivity contribution < 1.29 is 18.7 Å². The lowest BCUT2D eigenvalue weighted by atomic mass is 10.0. The number of hydrogen-bond acceptors (Lipinski definition) is 3. The number of hydrogen-bond donors (Lipinski definition) is 0. The summed E-state index contributed by atoms with van der Waals surface area (Å²) >= 11 is 0. The molecule has 148 valence electrons. The van der Waals surface area contributed by atoms with Gasteiger partial charge < -0.3 is 4.74 Å². The average molecular weight is 384 g/mol. The van der Waals surface area contributed by atoms with Crippen molar-refractivity contribution in [3.8, 4) is 5.75 Å². The fourth-order valence-electron chi connectivity index (χ4n) is 3.32. The van der Waals surface area contributed by atoms with E-state index in [1.54, 1.807) is 6.07 Å². The molecule has 2 aromatic carbocycles. The smallest absolute Gasteiger partial charge is 0.332 e. The predicted molar refractivity (Wildman–Crippen MR) is 106 cm³/mol. The van der Waals surface area contributed by atoms with Crippen molar-refractivity contribution in [2.75, 3.05) is 11.4 Å². The van der Waals surface area contributed by atoms with Crippen molar-refractivity contribution in [3.63, 3.8) is 0 Å². The Morgan fingerprint density at radius 1 is 1.07 bits per heavy atom. The SMILES string of the molecule is Cc1cc(CN2C(=O)CN(c3cccc(F)c3)C2=O)cc(C)c1OC(C)(C)C. The van der Waals surface area contributed by atoms with Gasteiger partial charge in [-0.3, -0.25) is 14.6 Å². The number of imide groups is 1. The summed E-state index contributed by atoms with van der Waals surface area (Å²) in [7, 11) is 0. The third-order valence-electron chi connectivity index (χ3n) is 4.45. The van der Waals surface area contributed by atoms with Gasteiger partial charge in [0.15, 0.2) is 0 Å². The van der Waals surface area contributed by atoms with Crippen LogP contribution in [-0.2, 0) is 11.3 Å². The molecule has 0 N–H and O–H groups in total. The van der Waals surface area contributed by atoms with Gasteiger partial charge in [0.1, 0.15) is 23.7 Å². The highest BCUT2D eigenvalue weighted by Crippen LogP contribution is 2.30. The highest BCUT2D eigenvalue weighted by Gasteiger charge is 2.37. The summed E-state index contributed by atoms with van der Waals surface area (Å²) in [5.41, 5.74) is 2.81. The number of halogens is 1. The maximum Gasteiger partial charge on any atom is 0.332 e. The summed E-state index contributed by atoms with van der Waals surface area (Å²) in [5.74, 6) is 0.0631. The summed E-state index contributed by atoms with van der Waals surface area (Å²) in [6, 6.07) is 9.11. The number of rotatable bonds is 4. The molecule has 0 radical (unpaired) electrons. The second-order valence-electron chi connectivity index (χ2n) is 8.10. The molecule has 0 unspecified atom stereocenters. The molecule has 1 aliphatic rings. The van der Waals surface area contributed by atoms with Crippen molar-refractivity contribution in [3.05, 3.63) is 58.9 Å². The fourth-order valence-corrected chi connectivity index (χ4v) is 3.32. The van der Waals surface area contributed by atoms with E-state index in [0.717, 1.165) is 22.4 Å². The largest absolute Gasteiger partial charge is 0.488 e. The molecule has 0 bridgehead atoms. The zero-order valence-corrected chi connectivity index (χ0v) is 16.9. The topological polar surface area (TPSA) is 49.9 Å². The van der Waals surface area contributed by atoms with E-state index in [9.17, 15) is 14.0 Å². The van der Waals surface area contributed by atoms with Crippen molar-refractivity contribution >= 4 is 17.6 Å². The van der Waals surface area contributed by atoms with Crippen molar-refractivity contribution in [1.29, 1.82) is 0 Å². The molecule has 2 aromatic rings. The van der Waals surface area contributed by atoms with Crippen molar-refractivity contribution in [2.45, 2.75) is 46.8 Å². The molecular weight excluding hydrogens is 359 g/mol. The standard InChI is InChI=1S/C22H25FN2O3/c1-14-9-16(10-15(2)20(14)28-22(3,4)5)12-25-19(26)13-24(21(25)27)18-8-6-7-17(23)11-18/h6-11H,12-13H2,1-5H3.